The smallest absolute Gasteiger partial charge is 0.357 e. The van der Waals surface area contributed by atoms with Crippen molar-refractivity contribution in [1.29, 1.82) is 0 Å². The third-order valence-electron chi connectivity index (χ3n) is 5.52. The molecule has 1 saturated heterocycles. The molecule has 2 aromatic rings. The lowest BCUT2D eigenvalue weighted by molar-refractivity contribution is -0.0930. The first-order valence-electron chi connectivity index (χ1n) is 10.0. The summed E-state index contributed by atoms with van der Waals surface area (Å²) in [5, 5.41) is 3.36. The second-order valence-corrected chi connectivity index (χ2v) is 8.96. The summed E-state index contributed by atoms with van der Waals surface area (Å²) in [5.74, 6) is 0.170. The summed E-state index contributed by atoms with van der Waals surface area (Å²) in [6, 6.07) is 5.36. The van der Waals surface area contributed by atoms with Crippen LogP contribution in [0.1, 0.15) is 12.5 Å². The van der Waals surface area contributed by atoms with Gasteiger partial charge in [-0.3, -0.25) is 5.32 Å². The van der Waals surface area contributed by atoms with Crippen molar-refractivity contribution in [1.82, 2.24) is 19.7 Å². The number of benzene rings is 1. The molecular weight excluding hydrogens is 427 g/mol. The molecule has 1 N–H and O–H groups in total. The molecule has 2 aliphatic rings. The quantitative estimate of drug-likeness (QED) is 0.735. The Morgan fingerprint density at radius 2 is 2.06 bits per heavy atom. The maximum absolute atomic E-state index is 13.5. The standard InChI is InChI=1S/C21H24F3N5OS/c1-13-6-7-16-17(11-13)31-19(25-16)26-20(30)29-10-9-28(12-14(29)2)18-15(21(22,23)24)5-4-8-27(18)3/h4-7,11,14H,8-10,12H2,1-3H3,(H,25,26,30)/t14-/m1/s1. The SMILES string of the molecule is Cc1ccc2nc(NC(=O)N3CCN(C4=C(C(F)(F)F)C=CCN4C)C[C@H]3C)sc2c1. The molecule has 0 spiro atoms. The first-order valence-corrected chi connectivity index (χ1v) is 10.8. The molecule has 1 aromatic heterocycles. The summed E-state index contributed by atoms with van der Waals surface area (Å²) >= 11 is 1.40. The number of fused-ring (bicyclic) bond motifs is 1. The van der Waals surface area contributed by atoms with Gasteiger partial charge < -0.3 is 14.7 Å². The molecule has 0 bridgehead atoms. The number of piperazine rings is 1. The average Bonchev–Trinajstić information content (AvgIpc) is 3.08. The van der Waals surface area contributed by atoms with Crippen LogP contribution in [-0.4, -0.2) is 71.2 Å². The van der Waals surface area contributed by atoms with Crippen LogP contribution in [0.15, 0.2) is 41.7 Å². The number of thiazole rings is 1. The fourth-order valence-electron chi connectivity index (χ4n) is 4.03. The number of hydrogen-bond donors (Lipinski definition) is 1. The average molecular weight is 452 g/mol. The normalized spacial score (nSPS) is 20.1. The molecule has 1 atom stereocenters. The Bertz CT molecular complexity index is 1060. The number of nitrogens with one attached hydrogen (secondary N) is 1. The minimum absolute atomic E-state index is 0.170. The van der Waals surface area contributed by atoms with E-state index >= 15 is 0 Å². The van der Waals surface area contributed by atoms with E-state index in [-0.39, 0.29) is 17.9 Å². The molecule has 166 valence electrons. The Labute approximate surface area is 182 Å². The number of aryl methyl sites for hydroxylation is 1. The van der Waals surface area contributed by atoms with Crippen LogP contribution in [0, 0.1) is 6.92 Å². The zero-order valence-corrected chi connectivity index (χ0v) is 18.3. The minimum Gasteiger partial charge on any atom is -0.357 e. The van der Waals surface area contributed by atoms with Gasteiger partial charge in [-0.15, -0.1) is 0 Å². The highest BCUT2D eigenvalue weighted by Gasteiger charge is 2.40. The van der Waals surface area contributed by atoms with Crippen LogP contribution < -0.4 is 5.32 Å². The monoisotopic (exact) mass is 451 g/mol. The Balaban J connectivity index is 1.47. The Morgan fingerprint density at radius 1 is 1.29 bits per heavy atom. The predicted octanol–water partition coefficient (Wildman–Crippen LogP) is 4.42. The van der Waals surface area contributed by atoms with E-state index in [1.54, 1.807) is 21.7 Å². The molecule has 2 amide bonds. The lowest BCUT2D eigenvalue weighted by atomic mass is 10.1. The van der Waals surface area contributed by atoms with Crippen LogP contribution >= 0.6 is 11.3 Å². The number of rotatable bonds is 2. The molecule has 31 heavy (non-hydrogen) atoms. The van der Waals surface area contributed by atoms with Gasteiger partial charge in [0.05, 0.1) is 15.8 Å². The van der Waals surface area contributed by atoms with Gasteiger partial charge >= 0.3 is 12.2 Å². The largest absolute Gasteiger partial charge is 0.419 e. The van der Waals surface area contributed by atoms with E-state index in [9.17, 15) is 18.0 Å². The number of carbonyl (C=O) groups is 1. The number of alkyl halides is 3. The molecule has 4 rings (SSSR count). The molecule has 10 heteroatoms. The second-order valence-electron chi connectivity index (χ2n) is 7.93. The highest BCUT2D eigenvalue weighted by molar-refractivity contribution is 7.22. The maximum Gasteiger partial charge on any atom is 0.419 e. The zero-order valence-electron chi connectivity index (χ0n) is 17.5. The van der Waals surface area contributed by atoms with Gasteiger partial charge in [-0.2, -0.15) is 13.2 Å². The minimum atomic E-state index is -4.43. The van der Waals surface area contributed by atoms with Gasteiger partial charge in [0.2, 0.25) is 0 Å². The number of urea groups is 1. The van der Waals surface area contributed by atoms with Crippen molar-refractivity contribution >= 4 is 32.7 Å². The lowest BCUT2D eigenvalue weighted by Gasteiger charge is -2.44. The van der Waals surface area contributed by atoms with Crippen molar-refractivity contribution in [3.63, 3.8) is 0 Å². The molecule has 0 radical (unpaired) electrons. The van der Waals surface area contributed by atoms with E-state index in [1.165, 1.54) is 17.4 Å². The van der Waals surface area contributed by atoms with Gasteiger partial charge in [0.25, 0.3) is 0 Å². The van der Waals surface area contributed by atoms with Crippen molar-refractivity contribution < 1.29 is 18.0 Å². The van der Waals surface area contributed by atoms with Crippen molar-refractivity contribution in [2.75, 3.05) is 38.5 Å². The summed E-state index contributed by atoms with van der Waals surface area (Å²) in [6.45, 7) is 5.23. The Kier molecular flexibility index (Phi) is 5.59. The van der Waals surface area contributed by atoms with Crippen molar-refractivity contribution in [2.24, 2.45) is 0 Å². The number of carbonyl (C=O) groups excluding carboxylic acids is 1. The van der Waals surface area contributed by atoms with Gasteiger partial charge in [0.1, 0.15) is 5.82 Å². The number of amides is 2. The van der Waals surface area contributed by atoms with E-state index in [1.807, 2.05) is 32.0 Å². The van der Waals surface area contributed by atoms with E-state index in [4.69, 9.17) is 0 Å². The fraction of sp³-hybridized carbons (Fsp3) is 0.429. The number of likely N-dealkylation sites (N-methyl/N-ethyl adjacent to an activating group) is 1. The van der Waals surface area contributed by atoms with Gasteiger partial charge in [-0.1, -0.05) is 23.5 Å². The van der Waals surface area contributed by atoms with Crippen molar-refractivity contribution in [3.8, 4) is 0 Å². The van der Waals surface area contributed by atoms with Crippen molar-refractivity contribution in [2.45, 2.75) is 26.1 Å². The third-order valence-corrected chi connectivity index (χ3v) is 6.45. The Morgan fingerprint density at radius 3 is 2.77 bits per heavy atom. The molecule has 2 aliphatic heterocycles. The van der Waals surface area contributed by atoms with Crippen LogP contribution in [0.25, 0.3) is 10.2 Å². The van der Waals surface area contributed by atoms with Crippen molar-refractivity contribution in [3.05, 3.63) is 47.3 Å². The second kappa shape index (κ2) is 8.07. The molecule has 3 heterocycles. The van der Waals surface area contributed by atoms with Crippen LogP contribution in [0.4, 0.5) is 23.1 Å². The summed E-state index contributed by atoms with van der Waals surface area (Å²) in [7, 11) is 1.66. The molecular formula is C21H24F3N5OS. The molecule has 1 fully saturated rings. The summed E-state index contributed by atoms with van der Waals surface area (Å²) in [6.07, 6.45) is -1.77. The molecule has 0 aliphatic carbocycles. The summed E-state index contributed by atoms with van der Waals surface area (Å²) in [5.41, 5.74) is 1.30. The number of anilines is 1. The first-order chi connectivity index (χ1) is 14.6. The lowest BCUT2D eigenvalue weighted by Crippen LogP contribution is -2.56. The first kappa shape index (κ1) is 21.5. The van der Waals surface area contributed by atoms with Gasteiger partial charge in [-0.05, 0) is 37.6 Å². The van der Waals surface area contributed by atoms with Crippen LogP contribution in [0.2, 0.25) is 0 Å². The van der Waals surface area contributed by atoms with E-state index < -0.39 is 11.7 Å². The molecule has 1 aromatic carbocycles. The molecule has 0 saturated carbocycles. The Hall–Kier alpha value is -2.75. The summed E-state index contributed by atoms with van der Waals surface area (Å²) < 4.78 is 41.6. The van der Waals surface area contributed by atoms with Crippen LogP contribution in [0.3, 0.4) is 0 Å². The molecule has 0 unspecified atom stereocenters. The number of aromatic nitrogens is 1. The zero-order chi connectivity index (χ0) is 22.3. The summed E-state index contributed by atoms with van der Waals surface area (Å²) in [4.78, 5) is 22.3. The topological polar surface area (TPSA) is 51.7 Å². The van der Waals surface area contributed by atoms with Gasteiger partial charge in [0.15, 0.2) is 5.13 Å². The fourth-order valence-corrected chi connectivity index (χ4v) is 4.98. The van der Waals surface area contributed by atoms with Crippen LogP contribution in [0.5, 0.6) is 0 Å². The highest BCUT2D eigenvalue weighted by Crippen LogP contribution is 2.34. The van der Waals surface area contributed by atoms with E-state index in [0.29, 0.717) is 31.3 Å². The van der Waals surface area contributed by atoms with E-state index in [2.05, 4.69) is 10.3 Å². The third kappa shape index (κ3) is 4.34. The highest BCUT2D eigenvalue weighted by atomic mass is 32.1. The van der Waals surface area contributed by atoms with Gasteiger partial charge in [-0.25, -0.2) is 9.78 Å². The predicted molar refractivity (Wildman–Crippen MR) is 116 cm³/mol. The number of allylic oxidation sites excluding steroid dienone is 2. The molecule has 6 nitrogen and oxygen atoms in total. The van der Waals surface area contributed by atoms with E-state index in [0.717, 1.165) is 21.9 Å². The van der Waals surface area contributed by atoms with Gasteiger partial charge in [0, 0.05) is 39.3 Å². The number of halogens is 3. The van der Waals surface area contributed by atoms with Crippen LogP contribution in [-0.2, 0) is 0 Å². The number of hydrogen-bond acceptors (Lipinski definition) is 5. The number of nitrogens with zero attached hydrogens (tertiary/aromatic N) is 4. The maximum atomic E-state index is 13.5.